The van der Waals surface area contributed by atoms with Crippen LogP contribution in [0.3, 0.4) is 0 Å². The first kappa shape index (κ1) is 19.8. The maximum absolute atomic E-state index is 13.3. The predicted octanol–water partition coefficient (Wildman–Crippen LogP) is 6.49. The minimum atomic E-state index is -4.47. The smallest absolute Gasteiger partial charge is 0.387 e. The van der Waals surface area contributed by atoms with Crippen molar-refractivity contribution in [2.75, 3.05) is 6.54 Å². The normalized spacial score (nSPS) is 19.3. The lowest BCUT2D eigenvalue weighted by molar-refractivity contribution is -0.137. The molecule has 0 radical (unpaired) electrons. The zero-order valence-electron chi connectivity index (χ0n) is 14.8. The van der Waals surface area contributed by atoms with E-state index in [1.165, 1.54) is 6.07 Å². The molecule has 0 unspecified atom stereocenters. The Hall–Kier alpha value is -1.53. The van der Waals surface area contributed by atoms with Crippen LogP contribution in [0, 0.1) is 0 Å². The summed E-state index contributed by atoms with van der Waals surface area (Å²) in [6.07, 6.45) is -2.48. The van der Waals surface area contributed by atoms with Crippen molar-refractivity contribution >= 4 is 44.7 Å². The van der Waals surface area contributed by atoms with E-state index >= 15 is 0 Å². The second-order valence-corrected chi connectivity index (χ2v) is 8.05. The van der Waals surface area contributed by atoms with Crippen LogP contribution in [-0.2, 0) is 6.18 Å². The first-order chi connectivity index (χ1) is 13.3. The largest absolute Gasteiger partial charge is 0.416 e. The molecule has 0 aromatic heterocycles. The highest BCUT2D eigenvalue weighted by Gasteiger charge is 2.31. The molecular weight excluding hydrogens is 410 g/mol. The van der Waals surface area contributed by atoms with Gasteiger partial charge in [-0.2, -0.15) is 13.2 Å². The van der Waals surface area contributed by atoms with Crippen LogP contribution in [0.2, 0.25) is 10.0 Å². The van der Waals surface area contributed by atoms with Gasteiger partial charge in [-0.15, -0.1) is 0 Å². The summed E-state index contributed by atoms with van der Waals surface area (Å²) >= 11 is 12.5. The molecule has 7 heteroatoms. The van der Waals surface area contributed by atoms with Crippen molar-refractivity contribution in [1.82, 2.24) is 5.32 Å². The Bertz CT molecular complexity index is 1050. The van der Waals surface area contributed by atoms with Crippen molar-refractivity contribution in [1.29, 1.82) is 0 Å². The molecule has 1 aliphatic rings. The van der Waals surface area contributed by atoms with Gasteiger partial charge in [0.2, 0.25) is 0 Å². The molecule has 2 nitrogen and oxygen atoms in total. The quantitative estimate of drug-likeness (QED) is 0.457. The third-order valence-electron chi connectivity index (χ3n) is 5.39. The second-order valence-electron chi connectivity index (χ2n) is 7.21. The Morgan fingerprint density at radius 2 is 1.71 bits per heavy atom. The molecule has 2 atom stereocenters. The van der Waals surface area contributed by atoms with Crippen LogP contribution in [0.4, 0.5) is 13.2 Å². The van der Waals surface area contributed by atoms with Crippen LogP contribution in [0.5, 0.6) is 0 Å². The highest BCUT2D eigenvalue weighted by molar-refractivity contribution is 6.39. The number of benzene rings is 3. The monoisotopic (exact) mass is 427 g/mol. The van der Waals surface area contributed by atoms with E-state index in [1.807, 2.05) is 0 Å². The first-order valence-electron chi connectivity index (χ1n) is 9.10. The molecule has 3 aromatic carbocycles. The fourth-order valence-electron chi connectivity index (χ4n) is 3.99. The van der Waals surface area contributed by atoms with Gasteiger partial charge >= 0.3 is 6.18 Å². The molecule has 1 aliphatic heterocycles. The van der Waals surface area contributed by atoms with E-state index in [9.17, 15) is 18.3 Å². The number of alkyl halides is 3. The van der Waals surface area contributed by atoms with Crippen molar-refractivity contribution in [3.8, 4) is 0 Å². The van der Waals surface area contributed by atoms with Gasteiger partial charge in [0.15, 0.2) is 0 Å². The van der Waals surface area contributed by atoms with Crippen molar-refractivity contribution in [2.24, 2.45) is 0 Å². The maximum atomic E-state index is 13.3. The molecule has 28 heavy (non-hydrogen) atoms. The standard InChI is InChI=1S/C21H18Cl2F3NO/c22-12-8-15-14-7-11(21(24,25)26)4-5-13(14)17(10-16(15)18(23)9-12)20(28)19-3-1-2-6-27-19/h4-5,7-10,19-20,27-28H,1-3,6H2/t19-,20-/m0/s1. The van der Waals surface area contributed by atoms with E-state index in [1.54, 1.807) is 18.2 Å². The van der Waals surface area contributed by atoms with Crippen molar-refractivity contribution < 1.29 is 18.3 Å². The molecule has 4 rings (SSSR count). The highest BCUT2D eigenvalue weighted by atomic mass is 35.5. The summed E-state index contributed by atoms with van der Waals surface area (Å²) in [4.78, 5) is 0. The van der Waals surface area contributed by atoms with Gasteiger partial charge in [0.05, 0.1) is 11.7 Å². The molecule has 0 spiro atoms. The van der Waals surface area contributed by atoms with Gasteiger partial charge in [-0.05, 0) is 71.4 Å². The zero-order valence-corrected chi connectivity index (χ0v) is 16.3. The summed E-state index contributed by atoms with van der Waals surface area (Å²) in [5.41, 5.74) is -0.181. The Morgan fingerprint density at radius 3 is 2.39 bits per heavy atom. The average Bonchev–Trinajstić information content (AvgIpc) is 2.66. The number of rotatable bonds is 2. The topological polar surface area (TPSA) is 32.3 Å². The van der Waals surface area contributed by atoms with Gasteiger partial charge in [-0.25, -0.2) is 0 Å². The molecular formula is C21H18Cl2F3NO. The van der Waals surface area contributed by atoms with Gasteiger partial charge < -0.3 is 10.4 Å². The molecule has 0 bridgehead atoms. The number of piperidine rings is 1. The molecule has 0 amide bonds. The van der Waals surface area contributed by atoms with Gasteiger partial charge in [0, 0.05) is 21.5 Å². The second kappa shape index (κ2) is 7.38. The maximum Gasteiger partial charge on any atom is 0.416 e. The lowest BCUT2D eigenvalue weighted by atomic mass is 9.88. The third-order valence-corrected chi connectivity index (χ3v) is 5.92. The number of halogens is 5. The van der Waals surface area contributed by atoms with E-state index in [0.29, 0.717) is 37.2 Å². The molecule has 1 fully saturated rings. The zero-order chi connectivity index (χ0) is 20.1. The molecule has 0 aliphatic carbocycles. The van der Waals surface area contributed by atoms with Gasteiger partial charge in [-0.1, -0.05) is 35.7 Å². The summed E-state index contributed by atoms with van der Waals surface area (Å²) in [5.74, 6) is 0. The van der Waals surface area contributed by atoms with Crippen LogP contribution < -0.4 is 5.32 Å². The van der Waals surface area contributed by atoms with Gasteiger partial charge in [-0.3, -0.25) is 0 Å². The molecule has 1 saturated heterocycles. The van der Waals surface area contributed by atoms with E-state index in [2.05, 4.69) is 5.32 Å². The Balaban J connectivity index is 2.01. The minimum Gasteiger partial charge on any atom is -0.387 e. The fourth-order valence-corrected chi connectivity index (χ4v) is 4.54. The van der Waals surface area contributed by atoms with E-state index in [-0.39, 0.29) is 6.04 Å². The molecule has 3 aromatic rings. The van der Waals surface area contributed by atoms with Crippen LogP contribution in [-0.4, -0.2) is 17.7 Å². The first-order valence-corrected chi connectivity index (χ1v) is 9.85. The number of fused-ring (bicyclic) bond motifs is 3. The summed E-state index contributed by atoms with van der Waals surface area (Å²) < 4.78 is 39.9. The van der Waals surface area contributed by atoms with Crippen molar-refractivity contribution in [3.05, 3.63) is 57.6 Å². The number of nitrogens with one attached hydrogen (secondary N) is 1. The van der Waals surface area contributed by atoms with E-state index in [4.69, 9.17) is 23.2 Å². The summed E-state index contributed by atoms with van der Waals surface area (Å²) in [5, 5.41) is 17.1. The Kier molecular flexibility index (Phi) is 5.21. The number of hydrogen-bond donors (Lipinski definition) is 2. The Labute approximate surface area is 170 Å². The fraction of sp³-hybridized carbons (Fsp3) is 0.333. The van der Waals surface area contributed by atoms with Gasteiger partial charge in [0.25, 0.3) is 0 Å². The summed E-state index contributed by atoms with van der Waals surface area (Å²) in [6, 6.07) is 8.36. The van der Waals surface area contributed by atoms with Crippen LogP contribution in [0.15, 0.2) is 36.4 Å². The lowest BCUT2D eigenvalue weighted by Gasteiger charge is -2.29. The average molecular weight is 428 g/mol. The third kappa shape index (κ3) is 3.57. The van der Waals surface area contributed by atoms with Gasteiger partial charge in [0.1, 0.15) is 0 Å². The van der Waals surface area contributed by atoms with Crippen molar-refractivity contribution in [3.63, 3.8) is 0 Å². The summed E-state index contributed by atoms with van der Waals surface area (Å²) in [6.45, 7) is 0.807. The highest BCUT2D eigenvalue weighted by Crippen LogP contribution is 2.41. The predicted molar refractivity (Wildman–Crippen MR) is 107 cm³/mol. The van der Waals surface area contributed by atoms with E-state index in [0.717, 1.165) is 37.9 Å². The lowest BCUT2D eigenvalue weighted by Crippen LogP contribution is -2.38. The molecule has 0 saturated carbocycles. The number of hydrogen-bond acceptors (Lipinski definition) is 2. The van der Waals surface area contributed by atoms with E-state index < -0.39 is 17.8 Å². The SMILES string of the molecule is O[C@@H](c1cc2c(Cl)cc(Cl)cc2c2cc(C(F)(F)F)ccc12)[C@@H]1CCCCN1. The van der Waals surface area contributed by atoms with Crippen molar-refractivity contribution in [2.45, 2.75) is 37.6 Å². The minimum absolute atomic E-state index is 0.150. The summed E-state index contributed by atoms with van der Waals surface area (Å²) in [7, 11) is 0. The van der Waals surface area contributed by atoms with Crippen LogP contribution in [0.25, 0.3) is 21.5 Å². The Morgan fingerprint density at radius 1 is 0.964 bits per heavy atom. The van der Waals surface area contributed by atoms with Crippen LogP contribution >= 0.6 is 23.2 Å². The molecule has 1 heterocycles. The van der Waals surface area contributed by atoms with Crippen LogP contribution in [0.1, 0.15) is 36.5 Å². The molecule has 148 valence electrons. The number of aliphatic hydroxyl groups excluding tert-OH is 1. The number of aliphatic hydroxyl groups is 1. The molecule has 2 N–H and O–H groups in total.